The number of anilines is 1. The van der Waals surface area contributed by atoms with Crippen molar-refractivity contribution >= 4 is 5.82 Å². The van der Waals surface area contributed by atoms with E-state index in [0.29, 0.717) is 5.82 Å². The average Bonchev–Trinajstić information content (AvgIpc) is 2.29. The van der Waals surface area contributed by atoms with Gasteiger partial charge in [-0.25, -0.2) is 4.98 Å². The molecule has 0 unspecified atom stereocenters. The highest BCUT2D eigenvalue weighted by molar-refractivity contribution is 5.30. The molecule has 0 aromatic carbocycles. The molecule has 0 amide bonds. The first kappa shape index (κ1) is 12.7. The van der Waals surface area contributed by atoms with Gasteiger partial charge in [0.1, 0.15) is 0 Å². The molecule has 1 heterocycles. The van der Waals surface area contributed by atoms with Crippen LogP contribution in [-0.2, 0) is 6.54 Å². The smallest absolute Gasteiger partial charge is 0.293 e. The number of aromatic nitrogens is 2. The fourth-order valence-electron chi connectivity index (χ4n) is 1.57. The van der Waals surface area contributed by atoms with E-state index in [-0.39, 0.29) is 5.56 Å². The highest BCUT2D eigenvalue weighted by Crippen LogP contribution is 1.97. The molecule has 4 heteroatoms. The van der Waals surface area contributed by atoms with Crippen molar-refractivity contribution < 1.29 is 0 Å². The van der Waals surface area contributed by atoms with E-state index >= 15 is 0 Å². The highest BCUT2D eigenvalue weighted by atomic mass is 16.1. The number of hydrogen-bond acceptors (Lipinski definition) is 3. The first-order valence-electron chi connectivity index (χ1n) is 6.09. The highest BCUT2D eigenvalue weighted by Gasteiger charge is 2.02. The van der Waals surface area contributed by atoms with Crippen molar-refractivity contribution in [3.63, 3.8) is 0 Å². The minimum Gasteiger partial charge on any atom is -0.365 e. The SMILES string of the molecule is CCCCCNc1nccn(CCC)c1=O. The Morgan fingerprint density at radius 3 is 2.81 bits per heavy atom. The number of aryl methyl sites for hydroxylation is 1. The topological polar surface area (TPSA) is 46.9 Å². The van der Waals surface area contributed by atoms with Crippen molar-refractivity contribution in [1.29, 1.82) is 0 Å². The maximum absolute atomic E-state index is 11.9. The van der Waals surface area contributed by atoms with Crippen molar-refractivity contribution in [1.82, 2.24) is 9.55 Å². The molecule has 0 radical (unpaired) electrons. The van der Waals surface area contributed by atoms with Gasteiger partial charge in [0.2, 0.25) is 0 Å². The molecule has 1 rings (SSSR count). The van der Waals surface area contributed by atoms with E-state index in [9.17, 15) is 4.79 Å². The Bertz CT molecular complexity index is 360. The largest absolute Gasteiger partial charge is 0.365 e. The molecule has 1 aromatic rings. The summed E-state index contributed by atoms with van der Waals surface area (Å²) in [5.74, 6) is 0.479. The Kier molecular flexibility index (Phi) is 5.61. The van der Waals surface area contributed by atoms with Gasteiger partial charge in [0.15, 0.2) is 5.82 Å². The van der Waals surface area contributed by atoms with E-state index in [0.717, 1.165) is 25.9 Å². The molecule has 0 saturated heterocycles. The van der Waals surface area contributed by atoms with Crippen LogP contribution in [0.25, 0.3) is 0 Å². The average molecular weight is 223 g/mol. The summed E-state index contributed by atoms with van der Waals surface area (Å²) >= 11 is 0. The summed E-state index contributed by atoms with van der Waals surface area (Å²) in [5.41, 5.74) is -0.0131. The van der Waals surface area contributed by atoms with Gasteiger partial charge in [-0.15, -0.1) is 0 Å². The first-order chi connectivity index (χ1) is 7.79. The molecule has 0 bridgehead atoms. The first-order valence-corrected chi connectivity index (χ1v) is 6.09. The Hall–Kier alpha value is -1.32. The van der Waals surface area contributed by atoms with E-state index in [1.807, 2.05) is 0 Å². The van der Waals surface area contributed by atoms with Crippen LogP contribution in [0.3, 0.4) is 0 Å². The molecule has 0 atom stereocenters. The van der Waals surface area contributed by atoms with Gasteiger partial charge in [-0.1, -0.05) is 26.7 Å². The predicted octanol–water partition coefficient (Wildman–Crippen LogP) is 2.26. The second-order valence-corrected chi connectivity index (χ2v) is 3.91. The number of rotatable bonds is 7. The Morgan fingerprint density at radius 2 is 2.12 bits per heavy atom. The molecule has 1 aromatic heterocycles. The summed E-state index contributed by atoms with van der Waals surface area (Å²) in [6.07, 6.45) is 7.83. The van der Waals surface area contributed by atoms with Gasteiger partial charge in [-0.3, -0.25) is 4.79 Å². The molecule has 0 spiro atoms. The van der Waals surface area contributed by atoms with Crippen molar-refractivity contribution in [3.05, 3.63) is 22.7 Å². The van der Waals surface area contributed by atoms with Crippen LogP contribution in [0, 0.1) is 0 Å². The summed E-state index contributed by atoms with van der Waals surface area (Å²) in [6.45, 7) is 5.80. The van der Waals surface area contributed by atoms with E-state index in [4.69, 9.17) is 0 Å². The Morgan fingerprint density at radius 1 is 1.31 bits per heavy atom. The quantitative estimate of drug-likeness (QED) is 0.721. The second-order valence-electron chi connectivity index (χ2n) is 3.91. The normalized spacial score (nSPS) is 10.4. The van der Waals surface area contributed by atoms with Gasteiger partial charge >= 0.3 is 0 Å². The number of nitrogens with zero attached hydrogens (tertiary/aromatic N) is 2. The number of hydrogen-bond donors (Lipinski definition) is 1. The van der Waals surface area contributed by atoms with Crippen LogP contribution >= 0.6 is 0 Å². The summed E-state index contributed by atoms with van der Waals surface area (Å²) in [4.78, 5) is 15.9. The lowest BCUT2D eigenvalue weighted by Crippen LogP contribution is -2.24. The molecular formula is C12H21N3O. The summed E-state index contributed by atoms with van der Waals surface area (Å²) in [5, 5.41) is 3.10. The fraction of sp³-hybridized carbons (Fsp3) is 0.667. The van der Waals surface area contributed by atoms with Crippen LogP contribution in [-0.4, -0.2) is 16.1 Å². The number of nitrogens with one attached hydrogen (secondary N) is 1. The van der Waals surface area contributed by atoms with Crippen molar-refractivity contribution in [2.24, 2.45) is 0 Å². The molecule has 16 heavy (non-hydrogen) atoms. The molecule has 0 aliphatic rings. The lowest BCUT2D eigenvalue weighted by Gasteiger charge is -2.07. The van der Waals surface area contributed by atoms with Crippen molar-refractivity contribution in [3.8, 4) is 0 Å². The molecule has 1 N–H and O–H groups in total. The lowest BCUT2D eigenvalue weighted by molar-refractivity contribution is 0.648. The fourth-order valence-corrected chi connectivity index (χ4v) is 1.57. The van der Waals surface area contributed by atoms with Gasteiger partial charge in [-0.05, 0) is 12.8 Å². The predicted molar refractivity (Wildman–Crippen MR) is 66.8 cm³/mol. The van der Waals surface area contributed by atoms with Crippen molar-refractivity contribution in [2.75, 3.05) is 11.9 Å². The van der Waals surface area contributed by atoms with E-state index in [1.54, 1.807) is 17.0 Å². The zero-order valence-corrected chi connectivity index (χ0v) is 10.2. The minimum atomic E-state index is -0.0131. The molecule has 0 aliphatic carbocycles. The molecule has 0 saturated carbocycles. The minimum absolute atomic E-state index is 0.0131. The van der Waals surface area contributed by atoms with Gasteiger partial charge < -0.3 is 9.88 Å². The maximum Gasteiger partial charge on any atom is 0.293 e. The third kappa shape index (κ3) is 3.68. The number of unbranched alkanes of at least 4 members (excludes halogenated alkanes) is 2. The van der Waals surface area contributed by atoms with Gasteiger partial charge in [-0.2, -0.15) is 0 Å². The van der Waals surface area contributed by atoms with E-state index < -0.39 is 0 Å². The summed E-state index contributed by atoms with van der Waals surface area (Å²) in [7, 11) is 0. The lowest BCUT2D eigenvalue weighted by atomic mass is 10.2. The van der Waals surface area contributed by atoms with Crippen LogP contribution < -0.4 is 10.9 Å². The standard InChI is InChI=1S/C12H21N3O/c1-3-5-6-7-13-11-12(16)15(9-4-2)10-8-14-11/h8,10H,3-7,9H2,1-2H3,(H,13,14). The van der Waals surface area contributed by atoms with Crippen LogP contribution in [0.4, 0.5) is 5.82 Å². The van der Waals surface area contributed by atoms with E-state index in [1.165, 1.54) is 12.8 Å². The third-order valence-electron chi connectivity index (χ3n) is 2.45. The molecular weight excluding hydrogens is 202 g/mol. The van der Waals surface area contributed by atoms with Crippen LogP contribution in [0.5, 0.6) is 0 Å². The van der Waals surface area contributed by atoms with Gasteiger partial charge in [0.25, 0.3) is 5.56 Å². The second kappa shape index (κ2) is 7.04. The Balaban J connectivity index is 2.59. The van der Waals surface area contributed by atoms with Crippen LogP contribution in [0.15, 0.2) is 17.2 Å². The maximum atomic E-state index is 11.9. The van der Waals surface area contributed by atoms with Crippen LogP contribution in [0.2, 0.25) is 0 Å². The zero-order chi connectivity index (χ0) is 11.8. The van der Waals surface area contributed by atoms with Crippen LogP contribution in [0.1, 0.15) is 39.5 Å². The summed E-state index contributed by atoms with van der Waals surface area (Å²) in [6, 6.07) is 0. The summed E-state index contributed by atoms with van der Waals surface area (Å²) < 4.78 is 1.70. The zero-order valence-electron chi connectivity index (χ0n) is 10.2. The van der Waals surface area contributed by atoms with Gasteiger partial charge in [0.05, 0.1) is 0 Å². The third-order valence-corrected chi connectivity index (χ3v) is 2.45. The van der Waals surface area contributed by atoms with Crippen molar-refractivity contribution in [2.45, 2.75) is 46.1 Å². The van der Waals surface area contributed by atoms with Gasteiger partial charge in [0, 0.05) is 25.5 Å². The molecule has 4 nitrogen and oxygen atoms in total. The van der Waals surface area contributed by atoms with E-state index in [2.05, 4.69) is 24.1 Å². The Labute approximate surface area is 96.7 Å². The molecule has 0 fully saturated rings. The monoisotopic (exact) mass is 223 g/mol. The molecule has 90 valence electrons. The molecule has 0 aliphatic heterocycles.